The summed E-state index contributed by atoms with van der Waals surface area (Å²) in [6.07, 6.45) is 0. The number of aromatic nitrogens is 4. The molecule has 6 heteroatoms. The number of nitrogens with zero attached hydrogens (tertiary/aromatic N) is 4. The third kappa shape index (κ3) is 3.92. The second-order valence-corrected chi connectivity index (χ2v) is 6.34. The zero-order chi connectivity index (χ0) is 19.2. The van der Waals surface area contributed by atoms with Crippen LogP contribution in [0.3, 0.4) is 0 Å². The van der Waals surface area contributed by atoms with Crippen LogP contribution in [0.1, 0.15) is 23.0 Å². The van der Waals surface area contributed by atoms with Crippen LogP contribution in [0.4, 0.5) is 0 Å². The molecule has 6 nitrogen and oxygen atoms in total. The van der Waals surface area contributed by atoms with E-state index in [1.165, 1.54) is 5.56 Å². The standard InChI is InChI=1S/C22H21N5O/c1-28-20-14-12-18(13-15-20)22(17-8-4-2-5-9-17)23-16-21-24-25-26-27(21)19-10-6-3-7-11-19/h2-15,22-23H,16H2,1H3/t22-/m0/s1. The summed E-state index contributed by atoms with van der Waals surface area (Å²) in [5, 5.41) is 15.8. The van der Waals surface area contributed by atoms with E-state index in [2.05, 4.69) is 45.1 Å². The molecule has 0 amide bonds. The summed E-state index contributed by atoms with van der Waals surface area (Å²) in [4.78, 5) is 0. The van der Waals surface area contributed by atoms with Crippen LogP contribution in [-0.4, -0.2) is 27.3 Å². The molecule has 0 aliphatic carbocycles. The van der Waals surface area contributed by atoms with Crippen molar-refractivity contribution in [3.63, 3.8) is 0 Å². The molecule has 4 aromatic rings. The molecule has 0 aliphatic rings. The van der Waals surface area contributed by atoms with E-state index in [1.807, 2.05) is 60.7 Å². The van der Waals surface area contributed by atoms with Crippen LogP contribution in [0.2, 0.25) is 0 Å². The number of hydrogen-bond donors (Lipinski definition) is 1. The average Bonchev–Trinajstić information content (AvgIpc) is 3.24. The van der Waals surface area contributed by atoms with E-state index in [-0.39, 0.29) is 6.04 Å². The minimum absolute atomic E-state index is 0.00743. The Balaban J connectivity index is 1.60. The summed E-state index contributed by atoms with van der Waals surface area (Å²) in [5.74, 6) is 1.59. The number of benzene rings is 3. The predicted molar refractivity (Wildman–Crippen MR) is 107 cm³/mol. The molecule has 1 N–H and O–H groups in total. The van der Waals surface area contributed by atoms with Gasteiger partial charge in [0.15, 0.2) is 5.82 Å². The summed E-state index contributed by atoms with van der Waals surface area (Å²) < 4.78 is 7.04. The van der Waals surface area contributed by atoms with Crippen LogP contribution in [0.5, 0.6) is 5.75 Å². The van der Waals surface area contributed by atoms with E-state index in [4.69, 9.17) is 4.74 Å². The quantitative estimate of drug-likeness (QED) is 0.538. The van der Waals surface area contributed by atoms with E-state index >= 15 is 0 Å². The van der Waals surface area contributed by atoms with Crippen molar-refractivity contribution in [3.05, 3.63) is 102 Å². The van der Waals surface area contributed by atoms with Crippen molar-refractivity contribution in [2.45, 2.75) is 12.6 Å². The Labute approximate surface area is 163 Å². The Morgan fingerprint density at radius 1 is 0.857 bits per heavy atom. The van der Waals surface area contributed by atoms with Crippen molar-refractivity contribution < 1.29 is 4.74 Å². The molecule has 0 unspecified atom stereocenters. The average molecular weight is 371 g/mol. The number of methoxy groups -OCH3 is 1. The Hall–Kier alpha value is -3.51. The molecule has 1 heterocycles. The van der Waals surface area contributed by atoms with Gasteiger partial charge in [0.2, 0.25) is 0 Å². The van der Waals surface area contributed by atoms with Gasteiger partial charge in [-0.05, 0) is 45.8 Å². The monoisotopic (exact) mass is 371 g/mol. The molecule has 0 radical (unpaired) electrons. The Morgan fingerprint density at radius 3 is 2.18 bits per heavy atom. The summed E-state index contributed by atoms with van der Waals surface area (Å²) in [6.45, 7) is 0.521. The number of tetrazole rings is 1. The van der Waals surface area contributed by atoms with Crippen molar-refractivity contribution in [2.75, 3.05) is 7.11 Å². The molecular formula is C22H21N5O. The van der Waals surface area contributed by atoms with Crippen LogP contribution in [0.25, 0.3) is 5.69 Å². The van der Waals surface area contributed by atoms with Gasteiger partial charge in [0.05, 0.1) is 25.4 Å². The molecule has 0 spiro atoms. The van der Waals surface area contributed by atoms with Gasteiger partial charge in [0.25, 0.3) is 0 Å². The molecule has 0 bridgehead atoms. The Bertz CT molecular complexity index is 1000. The van der Waals surface area contributed by atoms with Gasteiger partial charge in [-0.3, -0.25) is 5.32 Å². The van der Waals surface area contributed by atoms with Crippen molar-refractivity contribution in [1.82, 2.24) is 25.5 Å². The highest BCUT2D eigenvalue weighted by Crippen LogP contribution is 2.24. The second-order valence-electron chi connectivity index (χ2n) is 6.34. The molecule has 3 aromatic carbocycles. The second kappa shape index (κ2) is 8.45. The SMILES string of the molecule is COc1ccc([C@@H](NCc2nnnn2-c2ccccc2)c2ccccc2)cc1. The minimum atomic E-state index is 0.00743. The van der Waals surface area contributed by atoms with E-state index in [9.17, 15) is 0 Å². The topological polar surface area (TPSA) is 64.9 Å². The third-order valence-corrected chi connectivity index (χ3v) is 4.58. The minimum Gasteiger partial charge on any atom is -0.497 e. The number of rotatable bonds is 7. The number of nitrogens with one attached hydrogen (secondary N) is 1. The summed E-state index contributed by atoms with van der Waals surface area (Å²) >= 11 is 0. The number of hydrogen-bond acceptors (Lipinski definition) is 5. The van der Waals surface area contributed by atoms with Gasteiger partial charge in [-0.2, -0.15) is 4.68 Å². The van der Waals surface area contributed by atoms with Gasteiger partial charge in [-0.15, -0.1) is 5.10 Å². The fourth-order valence-electron chi connectivity index (χ4n) is 3.15. The maximum atomic E-state index is 5.29. The molecule has 1 aromatic heterocycles. The first kappa shape index (κ1) is 17.9. The fourth-order valence-corrected chi connectivity index (χ4v) is 3.15. The summed E-state index contributed by atoms with van der Waals surface area (Å²) in [7, 11) is 1.67. The Morgan fingerprint density at radius 2 is 1.50 bits per heavy atom. The lowest BCUT2D eigenvalue weighted by Gasteiger charge is -2.20. The van der Waals surface area contributed by atoms with Gasteiger partial charge in [0, 0.05) is 0 Å². The molecule has 0 saturated carbocycles. The lowest BCUT2D eigenvalue weighted by molar-refractivity contribution is 0.414. The van der Waals surface area contributed by atoms with E-state index in [1.54, 1.807) is 11.8 Å². The van der Waals surface area contributed by atoms with Crippen LogP contribution in [0, 0.1) is 0 Å². The highest BCUT2D eigenvalue weighted by Gasteiger charge is 2.16. The van der Waals surface area contributed by atoms with Crippen LogP contribution in [0.15, 0.2) is 84.9 Å². The number of para-hydroxylation sites is 1. The number of ether oxygens (including phenoxy) is 1. The molecule has 4 rings (SSSR count). The fraction of sp³-hybridized carbons (Fsp3) is 0.136. The summed E-state index contributed by atoms with van der Waals surface area (Å²) in [5.41, 5.74) is 3.25. The highest BCUT2D eigenvalue weighted by molar-refractivity contribution is 5.36. The first-order valence-electron chi connectivity index (χ1n) is 9.10. The lowest BCUT2D eigenvalue weighted by Crippen LogP contribution is -2.24. The molecule has 0 aliphatic heterocycles. The van der Waals surface area contributed by atoms with Crippen molar-refractivity contribution in [1.29, 1.82) is 0 Å². The van der Waals surface area contributed by atoms with Crippen molar-refractivity contribution >= 4 is 0 Å². The van der Waals surface area contributed by atoms with E-state index in [0.717, 1.165) is 22.8 Å². The lowest BCUT2D eigenvalue weighted by atomic mass is 9.98. The van der Waals surface area contributed by atoms with Gasteiger partial charge in [-0.25, -0.2) is 0 Å². The first-order valence-corrected chi connectivity index (χ1v) is 9.10. The molecular weight excluding hydrogens is 350 g/mol. The normalized spacial score (nSPS) is 11.9. The zero-order valence-electron chi connectivity index (χ0n) is 15.6. The molecule has 0 fully saturated rings. The van der Waals surface area contributed by atoms with Gasteiger partial charge in [0.1, 0.15) is 5.75 Å². The third-order valence-electron chi connectivity index (χ3n) is 4.58. The summed E-state index contributed by atoms with van der Waals surface area (Å²) in [6, 6.07) is 28.3. The molecule has 140 valence electrons. The van der Waals surface area contributed by atoms with Gasteiger partial charge in [-0.1, -0.05) is 60.7 Å². The van der Waals surface area contributed by atoms with Crippen LogP contribution in [-0.2, 0) is 6.54 Å². The Kier molecular flexibility index (Phi) is 5.40. The largest absolute Gasteiger partial charge is 0.497 e. The smallest absolute Gasteiger partial charge is 0.170 e. The first-order chi connectivity index (χ1) is 13.8. The van der Waals surface area contributed by atoms with Gasteiger partial charge < -0.3 is 4.74 Å². The molecule has 1 atom stereocenters. The molecule has 0 saturated heterocycles. The maximum Gasteiger partial charge on any atom is 0.170 e. The predicted octanol–water partition coefficient (Wildman–Crippen LogP) is 3.55. The zero-order valence-corrected chi connectivity index (χ0v) is 15.6. The van der Waals surface area contributed by atoms with Crippen molar-refractivity contribution in [3.8, 4) is 11.4 Å². The maximum absolute atomic E-state index is 5.29. The van der Waals surface area contributed by atoms with E-state index < -0.39 is 0 Å². The molecule has 28 heavy (non-hydrogen) atoms. The highest BCUT2D eigenvalue weighted by atomic mass is 16.5. The van der Waals surface area contributed by atoms with Crippen LogP contribution >= 0.6 is 0 Å². The van der Waals surface area contributed by atoms with Crippen molar-refractivity contribution in [2.24, 2.45) is 0 Å². The van der Waals surface area contributed by atoms with E-state index in [0.29, 0.717) is 6.54 Å². The van der Waals surface area contributed by atoms with Gasteiger partial charge >= 0.3 is 0 Å². The van der Waals surface area contributed by atoms with Crippen LogP contribution < -0.4 is 10.1 Å².